The maximum Gasteiger partial charge on any atom is 0.491 e. The summed E-state index contributed by atoms with van der Waals surface area (Å²) in [5, 5.41) is 15.0. The molecule has 122 valence electrons. The molecule has 3 N–H and O–H groups in total. The highest BCUT2D eigenvalue weighted by Gasteiger charge is 2.27. The highest BCUT2D eigenvalue weighted by molar-refractivity contribution is 6.61. The van der Waals surface area contributed by atoms with Gasteiger partial charge < -0.3 is 20.3 Å². The maximum atomic E-state index is 12.1. The maximum absolute atomic E-state index is 12.1. The van der Waals surface area contributed by atoms with Crippen molar-refractivity contribution in [3.05, 3.63) is 65.2 Å². The van der Waals surface area contributed by atoms with Crippen LogP contribution in [0.1, 0.15) is 21.5 Å². The van der Waals surface area contributed by atoms with E-state index in [1.165, 1.54) is 0 Å². The van der Waals surface area contributed by atoms with Gasteiger partial charge in [0.2, 0.25) is 5.91 Å². The van der Waals surface area contributed by atoms with Gasteiger partial charge in [-0.25, -0.2) is 0 Å². The molecule has 0 radical (unpaired) electrons. The van der Waals surface area contributed by atoms with Gasteiger partial charge in [0.05, 0.1) is 13.2 Å². The molecule has 7 heteroatoms. The summed E-state index contributed by atoms with van der Waals surface area (Å²) in [5.41, 5.74) is 2.83. The molecule has 0 spiro atoms. The number of rotatable bonds is 5. The average molecular weight is 324 g/mol. The van der Waals surface area contributed by atoms with Crippen LogP contribution >= 0.6 is 0 Å². The number of benzene rings is 2. The van der Waals surface area contributed by atoms with Crippen LogP contribution in [0.5, 0.6) is 0 Å². The zero-order valence-electron chi connectivity index (χ0n) is 13.0. The second-order valence-corrected chi connectivity index (χ2v) is 5.52. The zero-order chi connectivity index (χ0) is 16.9. The first-order chi connectivity index (χ1) is 11.6. The molecule has 0 saturated carbocycles. The van der Waals surface area contributed by atoms with Gasteiger partial charge >= 0.3 is 7.12 Å². The minimum absolute atomic E-state index is 0.109. The third kappa shape index (κ3) is 3.82. The molecule has 0 aliphatic carbocycles. The SMILES string of the molecule is O=C(CNC(=O)c1ccc2c(c1)B(O)OC2)NCc1ccccc1. The van der Waals surface area contributed by atoms with Gasteiger partial charge in [0.1, 0.15) is 0 Å². The van der Waals surface area contributed by atoms with Crippen molar-refractivity contribution in [1.29, 1.82) is 0 Å². The van der Waals surface area contributed by atoms with Crippen LogP contribution in [-0.4, -0.2) is 30.5 Å². The number of nitrogens with one attached hydrogen (secondary N) is 2. The molecule has 0 atom stereocenters. The quantitative estimate of drug-likeness (QED) is 0.673. The topological polar surface area (TPSA) is 87.7 Å². The van der Waals surface area contributed by atoms with E-state index in [4.69, 9.17) is 4.65 Å². The van der Waals surface area contributed by atoms with Crippen molar-refractivity contribution in [3.8, 4) is 0 Å². The largest absolute Gasteiger partial charge is 0.491 e. The number of carbonyl (C=O) groups excluding carboxylic acids is 2. The lowest BCUT2D eigenvalue weighted by Gasteiger charge is -2.08. The summed E-state index contributed by atoms with van der Waals surface area (Å²) in [4.78, 5) is 23.9. The first kappa shape index (κ1) is 16.2. The van der Waals surface area contributed by atoms with Crippen molar-refractivity contribution >= 4 is 24.4 Å². The fourth-order valence-corrected chi connectivity index (χ4v) is 2.48. The van der Waals surface area contributed by atoms with E-state index in [1.807, 2.05) is 30.3 Å². The zero-order valence-corrected chi connectivity index (χ0v) is 13.0. The van der Waals surface area contributed by atoms with Crippen molar-refractivity contribution in [3.63, 3.8) is 0 Å². The normalized spacial score (nSPS) is 12.6. The van der Waals surface area contributed by atoms with E-state index >= 15 is 0 Å². The van der Waals surface area contributed by atoms with Gasteiger partial charge in [-0.3, -0.25) is 9.59 Å². The molecule has 0 bridgehead atoms. The Morgan fingerprint density at radius 1 is 1.12 bits per heavy atom. The Bertz CT molecular complexity index is 752. The Balaban J connectivity index is 1.50. The molecule has 0 saturated heterocycles. The minimum atomic E-state index is -0.998. The Morgan fingerprint density at radius 2 is 1.92 bits per heavy atom. The van der Waals surface area contributed by atoms with Crippen LogP contribution < -0.4 is 16.1 Å². The van der Waals surface area contributed by atoms with Crippen molar-refractivity contribution in [1.82, 2.24) is 10.6 Å². The van der Waals surface area contributed by atoms with Crippen LogP contribution in [0.25, 0.3) is 0 Å². The van der Waals surface area contributed by atoms with E-state index in [0.29, 0.717) is 24.2 Å². The molecule has 0 aromatic heterocycles. The lowest BCUT2D eigenvalue weighted by molar-refractivity contribution is -0.120. The molecule has 2 amide bonds. The van der Waals surface area contributed by atoms with Crippen LogP contribution in [-0.2, 0) is 22.6 Å². The monoisotopic (exact) mass is 324 g/mol. The number of hydrogen-bond acceptors (Lipinski definition) is 4. The van der Waals surface area contributed by atoms with Crippen molar-refractivity contribution < 1.29 is 19.3 Å². The highest BCUT2D eigenvalue weighted by Crippen LogP contribution is 2.11. The summed E-state index contributed by atoms with van der Waals surface area (Å²) in [6, 6.07) is 14.5. The minimum Gasteiger partial charge on any atom is -0.423 e. The van der Waals surface area contributed by atoms with E-state index in [9.17, 15) is 14.6 Å². The summed E-state index contributed by atoms with van der Waals surface area (Å²) in [5.74, 6) is -0.636. The lowest BCUT2D eigenvalue weighted by Crippen LogP contribution is -2.37. The second kappa shape index (κ2) is 7.29. The predicted octanol–water partition coefficient (Wildman–Crippen LogP) is -0.0495. The summed E-state index contributed by atoms with van der Waals surface area (Å²) < 4.78 is 5.09. The van der Waals surface area contributed by atoms with E-state index in [0.717, 1.165) is 11.1 Å². The smallest absolute Gasteiger partial charge is 0.423 e. The van der Waals surface area contributed by atoms with Gasteiger partial charge in [-0.15, -0.1) is 0 Å². The fourth-order valence-electron chi connectivity index (χ4n) is 2.48. The molecular formula is C17H17BN2O4. The molecule has 1 heterocycles. The fraction of sp³-hybridized carbons (Fsp3) is 0.176. The lowest BCUT2D eigenvalue weighted by atomic mass is 9.79. The van der Waals surface area contributed by atoms with Gasteiger partial charge in [-0.1, -0.05) is 36.4 Å². The van der Waals surface area contributed by atoms with Crippen LogP contribution in [0, 0.1) is 0 Å². The molecule has 0 fully saturated rings. The molecule has 1 aliphatic rings. The molecule has 1 aliphatic heterocycles. The Hall–Kier alpha value is -2.64. The van der Waals surface area contributed by atoms with Gasteiger partial charge in [0.25, 0.3) is 5.91 Å². The first-order valence-corrected chi connectivity index (χ1v) is 7.65. The third-order valence-corrected chi connectivity index (χ3v) is 3.81. The molecule has 2 aromatic rings. The molecule has 24 heavy (non-hydrogen) atoms. The summed E-state index contributed by atoms with van der Waals surface area (Å²) in [6.07, 6.45) is 0. The number of hydrogen-bond donors (Lipinski definition) is 3. The molecular weight excluding hydrogens is 307 g/mol. The van der Waals surface area contributed by atoms with Crippen molar-refractivity contribution in [2.75, 3.05) is 6.54 Å². The van der Waals surface area contributed by atoms with E-state index in [1.54, 1.807) is 18.2 Å². The summed E-state index contributed by atoms with van der Waals surface area (Å²) >= 11 is 0. The number of fused-ring (bicyclic) bond motifs is 1. The Labute approximate surface area is 140 Å². The predicted molar refractivity (Wildman–Crippen MR) is 89.5 cm³/mol. The van der Waals surface area contributed by atoms with E-state index in [2.05, 4.69) is 10.6 Å². The number of amides is 2. The molecule has 0 unspecified atom stereocenters. The highest BCUT2D eigenvalue weighted by atomic mass is 16.5. The Morgan fingerprint density at radius 3 is 2.71 bits per heavy atom. The van der Waals surface area contributed by atoms with E-state index in [-0.39, 0.29) is 18.4 Å². The van der Waals surface area contributed by atoms with Gasteiger partial charge in [0.15, 0.2) is 0 Å². The van der Waals surface area contributed by atoms with Crippen molar-refractivity contribution in [2.45, 2.75) is 13.2 Å². The number of carbonyl (C=O) groups is 2. The van der Waals surface area contributed by atoms with Gasteiger partial charge in [0, 0.05) is 12.1 Å². The summed E-state index contributed by atoms with van der Waals surface area (Å²) in [7, 11) is -0.998. The van der Waals surface area contributed by atoms with Crippen LogP contribution in [0.2, 0.25) is 0 Å². The van der Waals surface area contributed by atoms with Gasteiger partial charge in [-0.05, 0) is 28.7 Å². The average Bonchev–Trinajstić information content (AvgIpc) is 2.99. The van der Waals surface area contributed by atoms with E-state index < -0.39 is 7.12 Å². The van der Waals surface area contributed by atoms with Gasteiger partial charge in [-0.2, -0.15) is 0 Å². The van der Waals surface area contributed by atoms with Crippen LogP contribution in [0.3, 0.4) is 0 Å². The molecule has 3 rings (SSSR count). The van der Waals surface area contributed by atoms with Crippen LogP contribution in [0.4, 0.5) is 0 Å². The molecule has 2 aromatic carbocycles. The third-order valence-electron chi connectivity index (χ3n) is 3.81. The van der Waals surface area contributed by atoms with Crippen molar-refractivity contribution in [2.24, 2.45) is 0 Å². The Kier molecular flexibility index (Phi) is 4.93. The second-order valence-electron chi connectivity index (χ2n) is 5.52. The summed E-state index contributed by atoms with van der Waals surface area (Å²) in [6.45, 7) is 0.639. The molecule has 6 nitrogen and oxygen atoms in total. The standard InChI is InChI=1S/C17H17BN2O4/c21-16(19-9-12-4-2-1-3-5-12)10-20-17(22)13-6-7-14-11-24-18(23)15(14)8-13/h1-8,23H,9-11H2,(H,19,21)(H,20,22). The van der Waals surface area contributed by atoms with Crippen LogP contribution in [0.15, 0.2) is 48.5 Å². The first-order valence-electron chi connectivity index (χ1n) is 7.65.